The lowest BCUT2D eigenvalue weighted by atomic mass is 10.2. The number of aryl methyl sites for hydroxylation is 1. The number of hydrogen-bond acceptors (Lipinski definition) is 5. The Labute approximate surface area is 201 Å². The van der Waals surface area contributed by atoms with Crippen molar-refractivity contribution in [2.75, 3.05) is 37.0 Å². The van der Waals surface area contributed by atoms with Crippen molar-refractivity contribution in [3.63, 3.8) is 0 Å². The fourth-order valence-electron chi connectivity index (χ4n) is 3.89. The van der Waals surface area contributed by atoms with Crippen LogP contribution in [-0.2, 0) is 11.8 Å². The quantitative estimate of drug-likeness (QED) is 0.341. The van der Waals surface area contributed by atoms with E-state index in [2.05, 4.69) is 46.1 Å². The highest BCUT2D eigenvalue weighted by atomic mass is 35.5. The van der Waals surface area contributed by atoms with Crippen molar-refractivity contribution in [2.45, 2.75) is 39.5 Å². The maximum atomic E-state index is 11.5. The molecule has 1 amide bonds. The van der Waals surface area contributed by atoms with Crippen molar-refractivity contribution in [2.24, 2.45) is 7.05 Å². The first-order chi connectivity index (χ1) is 16.0. The lowest BCUT2D eigenvalue weighted by Crippen LogP contribution is -2.25. The summed E-state index contributed by atoms with van der Waals surface area (Å²) < 4.78 is 8.04. The minimum Gasteiger partial charge on any atom is -0.491 e. The third kappa shape index (κ3) is 6.11. The second-order valence-corrected chi connectivity index (χ2v) is 8.45. The summed E-state index contributed by atoms with van der Waals surface area (Å²) in [6.07, 6.45) is 3.21. The van der Waals surface area contributed by atoms with Crippen LogP contribution in [0.5, 0.6) is 5.75 Å². The Bertz CT molecular complexity index is 1080. The lowest BCUT2D eigenvalue weighted by Gasteiger charge is -2.25. The van der Waals surface area contributed by atoms with Gasteiger partial charge in [0.2, 0.25) is 11.9 Å². The summed E-state index contributed by atoms with van der Waals surface area (Å²) >= 11 is 6.22. The van der Waals surface area contributed by atoms with E-state index in [1.165, 1.54) is 5.69 Å². The third-order valence-corrected chi connectivity index (χ3v) is 5.71. The van der Waals surface area contributed by atoms with Gasteiger partial charge >= 0.3 is 0 Å². The number of amides is 1. The van der Waals surface area contributed by atoms with Gasteiger partial charge in [0.15, 0.2) is 0 Å². The standard InChI is InChI=1S/C25H34ClN5O2/c1-5-14-31(15-6-2)21-10-7-9-20-24(21)30(4)25(29-20)28-19-13-12-18(26)17-22(19)33-16-8-11-23(32)27-3/h7,9-10,12-13,17H,5-6,8,11,14-16H2,1-4H3,(H,27,32)(H,28,29). The topological polar surface area (TPSA) is 71.4 Å². The molecule has 7 nitrogen and oxygen atoms in total. The monoisotopic (exact) mass is 471 g/mol. The average Bonchev–Trinajstić information content (AvgIpc) is 3.13. The number of imidazole rings is 1. The fraction of sp³-hybridized carbons (Fsp3) is 0.440. The predicted molar refractivity (Wildman–Crippen MR) is 137 cm³/mol. The number of hydrogen-bond donors (Lipinski definition) is 2. The molecule has 0 bridgehead atoms. The summed E-state index contributed by atoms with van der Waals surface area (Å²) in [7, 11) is 3.66. The normalized spacial score (nSPS) is 10.9. The van der Waals surface area contributed by atoms with Crippen LogP contribution in [0.2, 0.25) is 5.02 Å². The first-order valence-electron chi connectivity index (χ1n) is 11.6. The van der Waals surface area contributed by atoms with Crippen molar-refractivity contribution < 1.29 is 9.53 Å². The molecule has 2 aromatic carbocycles. The van der Waals surface area contributed by atoms with Crippen molar-refractivity contribution in [1.82, 2.24) is 14.9 Å². The molecule has 0 saturated heterocycles. The second-order valence-electron chi connectivity index (χ2n) is 8.02. The highest BCUT2D eigenvalue weighted by Crippen LogP contribution is 2.34. The van der Waals surface area contributed by atoms with Gasteiger partial charge < -0.3 is 24.8 Å². The van der Waals surface area contributed by atoms with E-state index in [1.54, 1.807) is 13.1 Å². The van der Waals surface area contributed by atoms with E-state index in [-0.39, 0.29) is 5.91 Å². The molecule has 8 heteroatoms. The molecular formula is C25H34ClN5O2. The van der Waals surface area contributed by atoms with Gasteiger partial charge in [-0.1, -0.05) is 31.5 Å². The molecule has 178 valence electrons. The Hall–Kier alpha value is -2.93. The maximum absolute atomic E-state index is 11.5. The molecule has 33 heavy (non-hydrogen) atoms. The van der Waals surface area contributed by atoms with Crippen LogP contribution in [0.3, 0.4) is 0 Å². The van der Waals surface area contributed by atoms with Crippen LogP contribution in [0.15, 0.2) is 36.4 Å². The van der Waals surface area contributed by atoms with Gasteiger partial charge in [-0.2, -0.15) is 0 Å². The van der Waals surface area contributed by atoms with E-state index < -0.39 is 0 Å². The van der Waals surface area contributed by atoms with E-state index in [0.29, 0.717) is 30.2 Å². The number of fused-ring (bicyclic) bond motifs is 1. The lowest BCUT2D eigenvalue weighted by molar-refractivity contribution is -0.120. The van der Waals surface area contributed by atoms with Gasteiger partial charge in [0.05, 0.1) is 29.0 Å². The molecular weight excluding hydrogens is 438 g/mol. The van der Waals surface area contributed by atoms with Gasteiger partial charge in [-0.3, -0.25) is 4.79 Å². The molecule has 0 aliphatic rings. The predicted octanol–water partition coefficient (Wildman–Crippen LogP) is 5.50. The molecule has 3 rings (SSSR count). The van der Waals surface area contributed by atoms with Gasteiger partial charge in [0.1, 0.15) is 5.75 Å². The summed E-state index contributed by atoms with van der Waals surface area (Å²) in [5.74, 6) is 1.35. The zero-order valence-electron chi connectivity index (χ0n) is 19.9. The van der Waals surface area contributed by atoms with Gasteiger partial charge in [-0.15, -0.1) is 0 Å². The Kier molecular flexibility index (Phi) is 8.83. The number of nitrogens with one attached hydrogen (secondary N) is 2. The minimum absolute atomic E-state index is 0.00117. The summed E-state index contributed by atoms with van der Waals surface area (Å²) in [5.41, 5.74) is 4.01. The first-order valence-corrected chi connectivity index (χ1v) is 12.0. The van der Waals surface area contributed by atoms with Crippen molar-refractivity contribution >= 4 is 45.9 Å². The summed E-state index contributed by atoms with van der Waals surface area (Å²) in [5, 5.41) is 6.63. The number of carbonyl (C=O) groups excluding carboxylic acids is 1. The highest BCUT2D eigenvalue weighted by molar-refractivity contribution is 6.30. The SMILES string of the molecule is CCCN(CCC)c1cccc2nc(Nc3ccc(Cl)cc3OCCCC(=O)NC)n(C)c12. The molecule has 0 fully saturated rings. The fourth-order valence-corrected chi connectivity index (χ4v) is 4.05. The van der Waals surface area contributed by atoms with Gasteiger partial charge in [0.25, 0.3) is 0 Å². The zero-order valence-corrected chi connectivity index (χ0v) is 20.7. The minimum atomic E-state index is -0.00117. The van der Waals surface area contributed by atoms with Crippen molar-refractivity contribution in [1.29, 1.82) is 0 Å². The van der Waals surface area contributed by atoms with E-state index >= 15 is 0 Å². The molecule has 1 heterocycles. The van der Waals surface area contributed by atoms with Crippen LogP contribution >= 0.6 is 11.6 Å². The maximum Gasteiger partial charge on any atom is 0.219 e. The number of carbonyl (C=O) groups is 1. The molecule has 0 spiro atoms. The van der Waals surface area contributed by atoms with Crippen LogP contribution in [0.1, 0.15) is 39.5 Å². The molecule has 2 N–H and O–H groups in total. The van der Waals surface area contributed by atoms with Gasteiger partial charge in [-0.05, 0) is 43.5 Å². The number of nitrogens with zero attached hydrogens (tertiary/aromatic N) is 3. The van der Waals surface area contributed by atoms with Gasteiger partial charge in [0, 0.05) is 44.7 Å². The number of aromatic nitrogens is 2. The van der Waals surface area contributed by atoms with Crippen LogP contribution in [-0.4, -0.2) is 42.2 Å². The van der Waals surface area contributed by atoms with E-state index in [1.807, 2.05) is 25.2 Å². The summed E-state index contributed by atoms with van der Waals surface area (Å²) in [6.45, 7) is 6.84. The Morgan fingerprint density at radius 1 is 1.18 bits per heavy atom. The molecule has 0 radical (unpaired) electrons. The van der Waals surface area contributed by atoms with Crippen molar-refractivity contribution in [3.05, 3.63) is 41.4 Å². The average molecular weight is 472 g/mol. The van der Waals surface area contributed by atoms with E-state index in [4.69, 9.17) is 21.3 Å². The number of halogens is 1. The Morgan fingerprint density at radius 2 is 1.94 bits per heavy atom. The molecule has 1 aromatic heterocycles. The highest BCUT2D eigenvalue weighted by Gasteiger charge is 2.17. The molecule has 0 unspecified atom stereocenters. The summed E-state index contributed by atoms with van der Waals surface area (Å²) in [4.78, 5) is 18.7. The molecule has 0 aliphatic carbocycles. The number of para-hydroxylation sites is 1. The molecule has 0 atom stereocenters. The van der Waals surface area contributed by atoms with Crippen molar-refractivity contribution in [3.8, 4) is 5.75 Å². The third-order valence-electron chi connectivity index (χ3n) is 5.48. The molecule has 3 aromatic rings. The number of ether oxygens (including phenoxy) is 1. The van der Waals surface area contributed by atoms with Gasteiger partial charge in [-0.25, -0.2) is 4.98 Å². The van der Waals surface area contributed by atoms with Crippen LogP contribution < -0.4 is 20.3 Å². The Morgan fingerprint density at radius 3 is 2.64 bits per heavy atom. The largest absolute Gasteiger partial charge is 0.491 e. The number of rotatable bonds is 12. The number of anilines is 3. The van der Waals surface area contributed by atoms with Crippen LogP contribution in [0.25, 0.3) is 11.0 Å². The zero-order chi connectivity index (χ0) is 23.8. The second kappa shape index (κ2) is 11.8. The number of benzene rings is 2. The smallest absolute Gasteiger partial charge is 0.219 e. The van der Waals surface area contributed by atoms with Crippen LogP contribution in [0, 0.1) is 0 Å². The molecule has 0 saturated carbocycles. The summed E-state index contributed by atoms with van der Waals surface area (Å²) in [6, 6.07) is 11.8. The molecule has 0 aliphatic heterocycles. The Balaban J connectivity index is 1.87. The van der Waals surface area contributed by atoms with Crippen LogP contribution in [0.4, 0.5) is 17.3 Å². The van der Waals surface area contributed by atoms with E-state index in [9.17, 15) is 4.79 Å². The first kappa shape index (κ1) is 24.7. The van der Waals surface area contributed by atoms with E-state index in [0.717, 1.165) is 48.6 Å².